The summed E-state index contributed by atoms with van der Waals surface area (Å²) in [7, 11) is 1.67. The Hall–Kier alpha value is -2.09. The number of rotatable bonds is 3. The number of pyridine rings is 1. The molecule has 1 aromatic heterocycles. The Kier molecular flexibility index (Phi) is 3.34. The lowest BCUT2D eigenvalue weighted by Crippen LogP contribution is -1.81. The molecule has 80 valence electrons. The normalized spacial score (nSPS) is 10.6. The molecular formula is C14H13NO. The van der Waals surface area contributed by atoms with Crippen molar-refractivity contribution in [3.63, 3.8) is 0 Å². The number of hydrogen-bond donors (Lipinski definition) is 0. The monoisotopic (exact) mass is 211 g/mol. The lowest BCUT2D eigenvalue weighted by Gasteiger charge is -1.98. The van der Waals surface area contributed by atoms with Gasteiger partial charge in [0, 0.05) is 6.20 Å². The summed E-state index contributed by atoms with van der Waals surface area (Å²) in [5.41, 5.74) is 2.09. The van der Waals surface area contributed by atoms with Crippen LogP contribution in [-0.2, 0) is 0 Å². The molecule has 0 atom stereocenters. The first kappa shape index (κ1) is 10.4. The Labute approximate surface area is 95.2 Å². The average Bonchev–Trinajstić information content (AvgIpc) is 2.38. The number of hydrogen-bond acceptors (Lipinski definition) is 2. The lowest BCUT2D eigenvalue weighted by molar-refractivity contribution is 0.415. The fourth-order valence-corrected chi connectivity index (χ4v) is 1.37. The molecule has 0 N–H and O–H groups in total. The zero-order chi connectivity index (χ0) is 11.2. The smallest absolute Gasteiger partial charge is 0.118 e. The zero-order valence-corrected chi connectivity index (χ0v) is 9.13. The van der Waals surface area contributed by atoms with Crippen LogP contribution in [0, 0.1) is 0 Å². The maximum absolute atomic E-state index is 5.10. The van der Waals surface area contributed by atoms with Gasteiger partial charge in [-0.25, -0.2) is 0 Å². The summed E-state index contributed by atoms with van der Waals surface area (Å²) in [5.74, 6) is 0.870. The Morgan fingerprint density at radius 1 is 1.00 bits per heavy atom. The molecule has 2 rings (SSSR count). The third-order valence-corrected chi connectivity index (χ3v) is 2.25. The van der Waals surface area contributed by atoms with E-state index in [1.54, 1.807) is 13.3 Å². The van der Waals surface area contributed by atoms with Crippen LogP contribution in [-0.4, -0.2) is 12.1 Å². The molecule has 1 heterocycles. The van der Waals surface area contributed by atoms with Gasteiger partial charge in [-0.1, -0.05) is 24.3 Å². The Balaban J connectivity index is 2.12. The van der Waals surface area contributed by atoms with Crippen molar-refractivity contribution in [2.24, 2.45) is 0 Å². The Bertz CT molecular complexity index is 460. The van der Waals surface area contributed by atoms with Crippen molar-refractivity contribution in [2.45, 2.75) is 0 Å². The van der Waals surface area contributed by atoms with Crippen LogP contribution in [0.4, 0.5) is 0 Å². The van der Waals surface area contributed by atoms with E-state index in [1.165, 1.54) is 0 Å². The maximum atomic E-state index is 5.10. The summed E-state index contributed by atoms with van der Waals surface area (Å²) in [4.78, 5) is 4.22. The van der Waals surface area contributed by atoms with Crippen LogP contribution in [0.25, 0.3) is 12.2 Å². The van der Waals surface area contributed by atoms with Crippen molar-refractivity contribution in [3.05, 3.63) is 59.9 Å². The topological polar surface area (TPSA) is 22.1 Å². The standard InChI is InChI=1S/C14H13NO/c1-16-14-9-6-12(7-10-14)5-8-13-4-2-3-11-15-13/h2-11H,1H3/b8-5+. The van der Waals surface area contributed by atoms with Crippen LogP contribution in [0.5, 0.6) is 5.75 Å². The first-order valence-electron chi connectivity index (χ1n) is 5.11. The van der Waals surface area contributed by atoms with Crippen molar-refractivity contribution in [3.8, 4) is 5.75 Å². The summed E-state index contributed by atoms with van der Waals surface area (Å²) in [6.45, 7) is 0. The molecule has 0 amide bonds. The van der Waals surface area contributed by atoms with Crippen molar-refractivity contribution in [1.82, 2.24) is 4.98 Å². The van der Waals surface area contributed by atoms with Crippen molar-refractivity contribution in [1.29, 1.82) is 0 Å². The van der Waals surface area contributed by atoms with Gasteiger partial charge in [-0.05, 0) is 35.9 Å². The van der Waals surface area contributed by atoms with E-state index in [0.29, 0.717) is 0 Å². The van der Waals surface area contributed by atoms with Crippen LogP contribution in [0.1, 0.15) is 11.3 Å². The molecule has 0 aliphatic rings. The van der Waals surface area contributed by atoms with E-state index in [-0.39, 0.29) is 0 Å². The van der Waals surface area contributed by atoms with Gasteiger partial charge in [-0.3, -0.25) is 4.98 Å². The molecule has 0 bridgehead atoms. The molecule has 0 spiro atoms. The van der Waals surface area contributed by atoms with Crippen molar-refractivity contribution >= 4 is 12.2 Å². The van der Waals surface area contributed by atoms with Gasteiger partial charge in [0.05, 0.1) is 12.8 Å². The van der Waals surface area contributed by atoms with Crippen molar-refractivity contribution < 1.29 is 4.74 Å². The molecule has 0 saturated carbocycles. The summed E-state index contributed by atoms with van der Waals surface area (Å²) < 4.78 is 5.10. The molecule has 0 aliphatic heterocycles. The predicted octanol–water partition coefficient (Wildman–Crippen LogP) is 3.26. The van der Waals surface area contributed by atoms with Crippen LogP contribution in [0.3, 0.4) is 0 Å². The first-order chi connectivity index (χ1) is 7.88. The van der Waals surface area contributed by atoms with Gasteiger partial charge in [-0.15, -0.1) is 0 Å². The van der Waals surface area contributed by atoms with Crippen LogP contribution in [0.2, 0.25) is 0 Å². The fourth-order valence-electron chi connectivity index (χ4n) is 1.37. The van der Waals surface area contributed by atoms with E-state index in [0.717, 1.165) is 17.0 Å². The molecule has 0 unspecified atom stereocenters. The Morgan fingerprint density at radius 2 is 1.81 bits per heavy atom. The first-order valence-corrected chi connectivity index (χ1v) is 5.11. The zero-order valence-electron chi connectivity index (χ0n) is 9.13. The highest BCUT2D eigenvalue weighted by Crippen LogP contribution is 2.13. The quantitative estimate of drug-likeness (QED) is 0.777. The molecule has 2 nitrogen and oxygen atoms in total. The third kappa shape index (κ3) is 2.70. The van der Waals surface area contributed by atoms with E-state index in [4.69, 9.17) is 4.74 Å². The van der Waals surface area contributed by atoms with E-state index < -0.39 is 0 Å². The molecular weight excluding hydrogens is 198 g/mol. The summed E-state index contributed by atoms with van der Waals surface area (Å²) in [6, 6.07) is 13.8. The van der Waals surface area contributed by atoms with E-state index >= 15 is 0 Å². The molecule has 0 saturated heterocycles. The molecule has 1 aromatic carbocycles. The van der Waals surface area contributed by atoms with Gasteiger partial charge in [0.15, 0.2) is 0 Å². The van der Waals surface area contributed by atoms with Gasteiger partial charge in [0.25, 0.3) is 0 Å². The highest BCUT2D eigenvalue weighted by atomic mass is 16.5. The number of aromatic nitrogens is 1. The minimum Gasteiger partial charge on any atom is -0.497 e. The third-order valence-electron chi connectivity index (χ3n) is 2.25. The molecule has 2 heteroatoms. The number of ether oxygens (including phenoxy) is 1. The number of benzene rings is 1. The summed E-state index contributed by atoms with van der Waals surface area (Å²) in [5, 5.41) is 0. The van der Waals surface area contributed by atoms with E-state index in [1.807, 2.05) is 54.6 Å². The maximum Gasteiger partial charge on any atom is 0.118 e. The van der Waals surface area contributed by atoms with Crippen LogP contribution >= 0.6 is 0 Å². The number of nitrogens with zero attached hydrogens (tertiary/aromatic N) is 1. The largest absolute Gasteiger partial charge is 0.497 e. The minimum absolute atomic E-state index is 0.870. The molecule has 16 heavy (non-hydrogen) atoms. The molecule has 0 radical (unpaired) electrons. The van der Waals surface area contributed by atoms with Gasteiger partial charge < -0.3 is 4.74 Å². The van der Waals surface area contributed by atoms with Crippen LogP contribution < -0.4 is 4.74 Å². The second kappa shape index (κ2) is 5.12. The van der Waals surface area contributed by atoms with E-state index in [9.17, 15) is 0 Å². The minimum atomic E-state index is 0.870. The van der Waals surface area contributed by atoms with Crippen molar-refractivity contribution in [2.75, 3.05) is 7.11 Å². The summed E-state index contributed by atoms with van der Waals surface area (Å²) >= 11 is 0. The Morgan fingerprint density at radius 3 is 2.44 bits per heavy atom. The van der Waals surface area contributed by atoms with Gasteiger partial charge in [-0.2, -0.15) is 0 Å². The van der Waals surface area contributed by atoms with E-state index in [2.05, 4.69) is 4.98 Å². The SMILES string of the molecule is COc1ccc(/C=C/c2ccccn2)cc1. The van der Waals surface area contributed by atoms with Gasteiger partial charge in [0.2, 0.25) is 0 Å². The average molecular weight is 211 g/mol. The highest BCUT2D eigenvalue weighted by molar-refractivity contribution is 5.68. The predicted molar refractivity (Wildman–Crippen MR) is 66.2 cm³/mol. The molecule has 2 aromatic rings. The number of methoxy groups -OCH3 is 1. The van der Waals surface area contributed by atoms with Gasteiger partial charge >= 0.3 is 0 Å². The van der Waals surface area contributed by atoms with Crippen LogP contribution in [0.15, 0.2) is 48.7 Å². The molecule has 0 aliphatic carbocycles. The summed E-state index contributed by atoms with van der Waals surface area (Å²) in [6.07, 6.45) is 5.80. The van der Waals surface area contributed by atoms with Gasteiger partial charge in [0.1, 0.15) is 5.75 Å². The lowest BCUT2D eigenvalue weighted by atomic mass is 10.2. The fraction of sp³-hybridized carbons (Fsp3) is 0.0714. The second-order valence-corrected chi connectivity index (χ2v) is 3.36. The highest BCUT2D eigenvalue weighted by Gasteiger charge is 1.90. The second-order valence-electron chi connectivity index (χ2n) is 3.36. The molecule has 0 fully saturated rings.